The minimum Gasteiger partial charge on any atom is -0.380 e. The number of hydrogen-bond acceptors (Lipinski definition) is 3. The average Bonchev–Trinajstić information content (AvgIpc) is 2.41. The van der Waals surface area contributed by atoms with Crippen molar-refractivity contribution >= 4 is 23.4 Å². The maximum absolute atomic E-state index is 11.8. The Morgan fingerprint density at radius 1 is 1.25 bits per heavy atom. The molecule has 0 radical (unpaired) electrons. The van der Waals surface area contributed by atoms with Crippen molar-refractivity contribution < 1.29 is 14.3 Å². The predicted molar refractivity (Wildman–Crippen MR) is 75.7 cm³/mol. The maximum atomic E-state index is 11.8. The SMILES string of the molecule is CC1(CNC(=O)CNC(=O)c2ccc(Cl)cc2)COC1. The van der Waals surface area contributed by atoms with Crippen LogP contribution in [0, 0.1) is 5.41 Å². The van der Waals surface area contributed by atoms with E-state index in [0.29, 0.717) is 30.3 Å². The van der Waals surface area contributed by atoms with E-state index < -0.39 is 0 Å². The Morgan fingerprint density at radius 2 is 1.90 bits per heavy atom. The Bertz CT molecular complexity index is 498. The number of hydrogen-bond donors (Lipinski definition) is 2. The molecule has 20 heavy (non-hydrogen) atoms. The monoisotopic (exact) mass is 296 g/mol. The lowest BCUT2D eigenvalue weighted by atomic mass is 9.89. The van der Waals surface area contributed by atoms with E-state index in [4.69, 9.17) is 16.3 Å². The zero-order valence-corrected chi connectivity index (χ0v) is 12.0. The predicted octanol–water partition coefficient (Wildman–Crippen LogP) is 1.22. The number of carbonyl (C=O) groups is 2. The van der Waals surface area contributed by atoms with Crippen LogP contribution in [0.4, 0.5) is 0 Å². The molecule has 0 aromatic heterocycles. The first-order valence-corrected chi connectivity index (χ1v) is 6.75. The van der Waals surface area contributed by atoms with Crippen molar-refractivity contribution in [3.05, 3.63) is 34.9 Å². The van der Waals surface area contributed by atoms with Crippen LogP contribution in [0.25, 0.3) is 0 Å². The zero-order chi connectivity index (χ0) is 14.6. The third kappa shape index (κ3) is 3.95. The topological polar surface area (TPSA) is 67.4 Å². The molecule has 1 saturated heterocycles. The minimum atomic E-state index is -0.296. The molecule has 1 aromatic carbocycles. The quantitative estimate of drug-likeness (QED) is 0.858. The maximum Gasteiger partial charge on any atom is 0.251 e. The van der Waals surface area contributed by atoms with E-state index in [1.807, 2.05) is 6.92 Å². The first kappa shape index (κ1) is 14.8. The van der Waals surface area contributed by atoms with Gasteiger partial charge >= 0.3 is 0 Å². The van der Waals surface area contributed by atoms with Gasteiger partial charge in [0.1, 0.15) is 0 Å². The van der Waals surface area contributed by atoms with Crippen molar-refractivity contribution in [1.29, 1.82) is 0 Å². The second-order valence-corrected chi connectivity index (χ2v) is 5.71. The van der Waals surface area contributed by atoms with Gasteiger partial charge in [0, 0.05) is 22.5 Å². The molecule has 0 saturated carbocycles. The number of carbonyl (C=O) groups excluding carboxylic acids is 2. The van der Waals surface area contributed by atoms with Gasteiger partial charge in [-0.1, -0.05) is 18.5 Å². The van der Waals surface area contributed by atoms with E-state index >= 15 is 0 Å². The summed E-state index contributed by atoms with van der Waals surface area (Å²) in [6.45, 7) is 3.87. The summed E-state index contributed by atoms with van der Waals surface area (Å²) in [6.07, 6.45) is 0. The number of amides is 2. The standard InChI is InChI=1S/C14H17ClN2O3/c1-14(8-20-9-14)7-17-12(18)6-16-13(19)10-2-4-11(15)5-3-10/h2-5H,6-9H2,1H3,(H,16,19)(H,17,18). The molecule has 5 nitrogen and oxygen atoms in total. The first-order valence-electron chi connectivity index (χ1n) is 6.37. The van der Waals surface area contributed by atoms with Gasteiger partial charge in [0.05, 0.1) is 19.8 Å². The largest absolute Gasteiger partial charge is 0.380 e. The molecule has 0 spiro atoms. The molecular weight excluding hydrogens is 280 g/mol. The van der Waals surface area contributed by atoms with Gasteiger partial charge in [-0.2, -0.15) is 0 Å². The molecule has 0 unspecified atom stereocenters. The molecule has 108 valence electrons. The smallest absolute Gasteiger partial charge is 0.251 e. The van der Waals surface area contributed by atoms with E-state index in [-0.39, 0.29) is 23.8 Å². The highest BCUT2D eigenvalue weighted by molar-refractivity contribution is 6.30. The van der Waals surface area contributed by atoms with Crippen molar-refractivity contribution in [1.82, 2.24) is 10.6 Å². The van der Waals surface area contributed by atoms with Gasteiger partial charge in [-0.05, 0) is 24.3 Å². The summed E-state index contributed by atoms with van der Waals surface area (Å²) in [6, 6.07) is 6.49. The first-order chi connectivity index (χ1) is 9.48. The molecule has 2 amide bonds. The lowest BCUT2D eigenvalue weighted by Crippen LogP contribution is -2.50. The number of benzene rings is 1. The number of halogens is 1. The Balaban J connectivity index is 1.72. The van der Waals surface area contributed by atoms with Crippen LogP contribution in [-0.4, -0.2) is 38.1 Å². The van der Waals surface area contributed by atoms with Crippen molar-refractivity contribution in [2.24, 2.45) is 5.41 Å². The molecule has 1 aromatic rings. The third-order valence-corrected chi connectivity index (χ3v) is 3.38. The fraction of sp³-hybridized carbons (Fsp3) is 0.429. The Morgan fingerprint density at radius 3 is 2.45 bits per heavy atom. The molecule has 1 aliphatic heterocycles. The zero-order valence-electron chi connectivity index (χ0n) is 11.2. The summed E-state index contributed by atoms with van der Waals surface area (Å²) in [7, 11) is 0. The molecule has 0 aliphatic carbocycles. The van der Waals surface area contributed by atoms with Crippen LogP contribution in [-0.2, 0) is 9.53 Å². The van der Waals surface area contributed by atoms with Crippen LogP contribution in [0.5, 0.6) is 0 Å². The van der Waals surface area contributed by atoms with Crippen LogP contribution in [0.2, 0.25) is 5.02 Å². The summed E-state index contributed by atoms with van der Waals surface area (Å²) >= 11 is 5.74. The van der Waals surface area contributed by atoms with E-state index in [1.54, 1.807) is 24.3 Å². The Labute approximate surface area is 122 Å². The normalized spacial score (nSPS) is 16.1. The minimum absolute atomic E-state index is 0.0237. The molecule has 1 aliphatic rings. The molecule has 1 fully saturated rings. The van der Waals surface area contributed by atoms with Gasteiger partial charge in [0.25, 0.3) is 5.91 Å². The second-order valence-electron chi connectivity index (χ2n) is 5.27. The molecule has 0 bridgehead atoms. The summed E-state index contributed by atoms with van der Waals surface area (Å²) in [5.74, 6) is -0.504. The lowest BCUT2D eigenvalue weighted by molar-refractivity contribution is -0.125. The molecule has 1 heterocycles. The summed E-state index contributed by atoms with van der Waals surface area (Å²) in [5, 5.41) is 5.92. The highest BCUT2D eigenvalue weighted by atomic mass is 35.5. The van der Waals surface area contributed by atoms with Gasteiger partial charge in [0.2, 0.25) is 5.91 Å². The molecular formula is C14H17ClN2O3. The van der Waals surface area contributed by atoms with E-state index in [2.05, 4.69) is 10.6 Å². The summed E-state index contributed by atoms with van der Waals surface area (Å²) in [4.78, 5) is 23.4. The lowest BCUT2D eigenvalue weighted by Gasteiger charge is -2.38. The van der Waals surface area contributed by atoms with Gasteiger partial charge in [-0.15, -0.1) is 0 Å². The highest BCUT2D eigenvalue weighted by Gasteiger charge is 2.33. The number of ether oxygens (including phenoxy) is 1. The molecule has 6 heteroatoms. The van der Waals surface area contributed by atoms with Crippen LogP contribution in [0.3, 0.4) is 0 Å². The van der Waals surface area contributed by atoms with E-state index in [0.717, 1.165) is 0 Å². The second kappa shape index (κ2) is 6.24. The molecule has 2 rings (SSSR count). The van der Waals surface area contributed by atoms with Gasteiger partial charge < -0.3 is 15.4 Å². The van der Waals surface area contributed by atoms with Crippen molar-refractivity contribution in [3.63, 3.8) is 0 Å². The average molecular weight is 297 g/mol. The van der Waals surface area contributed by atoms with Crippen LogP contribution >= 0.6 is 11.6 Å². The van der Waals surface area contributed by atoms with Gasteiger partial charge in [-0.25, -0.2) is 0 Å². The van der Waals surface area contributed by atoms with Crippen LogP contribution < -0.4 is 10.6 Å². The van der Waals surface area contributed by atoms with Gasteiger partial charge in [-0.3, -0.25) is 9.59 Å². The fourth-order valence-electron chi connectivity index (χ4n) is 1.79. The van der Waals surface area contributed by atoms with Gasteiger partial charge in [0.15, 0.2) is 0 Å². The molecule has 0 atom stereocenters. The van der Waals surface area contributed by atoms with Crippen molar-refractivity contribution in [2.75, 3.05) is 26.3 Å². The van der Waals surface area contributed by atoms with Crippen molar-refractivity contribution in [2.45, 2.75) is 6.92 Å². The Hall–Kier alpha value is -1.59. The van der Waals surface area contributed by atoms with Crippen LogP contribution in [0.15, 0.2) is 24.3 Å². The molecule has 2 N–H and O–H groups in total. The van der Waals surface area contributed by atoms with E-state index in [1.165, 1.54) is 0 Å². The number of nitrogens with one attached hydrogen (secondary N) is 2. The Kier molecular flexibility index (Phi) is 4.62. The summed E-state index contributed by atoms with van der Waals surface area (Å²) < 4.78 is 5.10. The fourth-order valence-corrected chi connectivity index (χ4v) is 1.92. The third-order valence-electron chi connectivity index (χ3n) is 3.13. The highest BCUT2D eigenvalue weighted by Crippen LogP contribution is 2.24. The van der Waals surface area contributed by atoms with E-state index in [9.17, 15) is 9.59 Å². The van der Waals surface area contributed by atoms with Crippen LogP contribution in [0.1, 0.15) is 17.3 Å². The number of rotatable bonds is 5. The van der Waals surface area contributed by atoms with Crippen molar-refractivity contribution in [3.8, 4) is 0 Å². The summed E-state index contributed by atoms with van der Waals surface area (Å²) in [5.41, 5.74) is 0.497.